The summed E-state index contributed by atoms with van der Waals surface area (Å²) in [4.78, 5) is 37.4. The van der Waals surface area contributed by atoms with Gasteiger partial charge in [0, 0.05) is 12.8 Å². The molecular formula is C17H26N2O6. The van der Waals surface area contributed by atoms with Crippen LogP contribution in [0.15, 0.2) is 0 Å². The van der Waals surface area contributed by atoms with Crippen LogP contribution in [0.4, 0.5) is 0 Å². The number of ether oxygens (including phenoxy) is 3. The molecule has 4 atom stereocenters. The van der Waals surface area contributed by atoms with E-state index in [1.165, 1.54) is 4.90 Å². The molecule has 3 fully saturated rings. The average molecular weight is 354 g/mol. The van der Waals surface area contributed by atoms with Crippen LogP contribution in [0, 0.1) is 0 Å². The van der Waals surface area contributed by atoms with Crippen molar-refractivity contribution in [3.8, 4) is 0 Å². The Hall–Kier alpha value is -1.67. The van der Waals surface area contributed by atoms with Gasteiger partial charge in [0.25, 0.3) is 0 Å². The minimum atomic E-state index is -0.775. The minimum absolute atomic E-state index is 0.0646. The van der Waals surface area contributed by atoms with Gasteiger partial charge in [0.2, 0.25) is 0 Å². The van der Waals surface area contributed by atoms with E-state index in [4.69, 9.17) is 14.2 Å². The monoisotopic (exact) mass is 354 g/mol. The zero-order valence-corrected chi connectivity index (χ0v) is 14.9. The number of esters is 1. The quantitative estimate of drug-likeness (QED) is 0.428. The van der Waals surface area contributed by atoms with Crippen LogP contribution < -0.4 is 5.32 Å². The highest BCUT2D eigenvalue weighted by molar-refractivity contribution is 6.37. The molecule has 3 rings (SSSR count). The lowest BCUT2D eigenvalue weighted by Crippen LogP contribution is -2.60. The number of rotatable bonds is 6. The molecule has 0 aromatic rings. The molecule has 0 radical (unpaired) electrons. The van der Waals surface area contributed by atoms with E-state index >= 15 is 0 Å². The summed E-state index contributed by atoms with van der Waals surface area (Å²) < 4.78 is 17.1. The van der Waals surface area contributed by atoms with Crippen molar-refractivity contribution < 1.29 is 28.6 Å². The van der Waals surface area contributed by atoms with Crippen molar-refractivity contribution in [2.45, 2.75) is 83.1 Å². The molecule has 3 heterocycles. The van der Waals surface area contributed by atoms with E-state index in [-0.39, 0.29) is 18.7 Å². The number of hydrogen-bond donors (Lipinski definition) is 1. The van der Waals surface area contributed by atoms with Gasteiger partial charge in [-0.3, -0.25) is 14.4 Å². The van der Waals surface area contributed by atoms with Crippen molar-refractivity contribution in [1.82, 2.24) is 10.2 Å². The topological polar surface area (TPSA) is 94.2 Å². The highest BCUT2D eigenvalue weighted by Crippen LogP contribution is 2.39. The number of amides is 2. The first kappa shape index (κ1) is 18.1. The van der Waals surface area contributed by atoms with Gasteiger partial charge in [-0.05, 0) is 20.3 Å². The normalized spacial score (nSPS) is 33.0. The Morgan fingerprint density at radius 3 is 2.80 bits per heavy atom. The Morgan fingerprint density at radius 2 is 2.08 bits per heavy atom. The standard InChI is InChI=1S/C17H26N2O6/c1-4-5-6-7-12(20)23-9-10-8-11-13(25-17(2,3)24-11)14-18-15(21)16(22)19(10)14/h10-11,13-14H,4-9H2,1-3H3,(H,18,21). The molecule has 3 aliphatic rings. The number of piperidine rings is 1. The van der Waals surface area contributed by atoms with Crippen LogP contribution in [-0.2, 0) is 28.6 Å². The van der Waals surface area contributed by atoms with Gasteiger partial charge in [0.05, 0.1) is 12.1 Å². The Bertz CT molecular complexity index is 563. The number of carbonyl (C=O) groups excluding carboxylic acids is 3. The summed E-state index contributed by atoms with van der Waals surface area (Å²) in [5.74, 6) is -2.31. The van der Waals surface area contributed by atoms with E-state index in [1.807, 2.05) is 0 Å². The third-order valence-electron chi connectivity index (χ3n) is 4.86. The highest BCUT2D eigenvalue weighted by Gasteiger charge is 2.58. The van der Waals surface area contributed by atoms with Gasteiger partial charge in [-0.15, -0.1) is 0 Å². The molecule has 4 unspecified atom stereocenters. The van der Waals surface area contributed by atoms with Crippen LogP contribution in [0.5, 0.6) is 0 Å². The van der Waals surface area contributed by atoms with E-state index in [2.05, 4.69) is 12.2 Å². The van der Waals surface area contributed by atoms with Crippen molar-refractivity contribution in [2.24, 2.45) is 0 Å². The summed E-state index contributed by atoms with van der Waals surface area (Å²) in [6, 6.07) is -0.398. The minimum Gasteiger partial charge on any atom is -0.463 e. The molecule has 8 heteroatoms. The van der Waals surface area contributed by atoms with Gasteiger partial charge in [-0.1, -0.05) is 19.8 Å². The Kier molecular flexibility index (Phi) is 5.02. The Labute approximate surface area is 147 Å². The van der Waals surface area contributed by atoms with Crippen LogP contribution in [-0.4, -0.2) is 59.5 Å². The molecule has 3 aliphatic heterocycles. The van der Waals surface area contributed by atoms with Crippen LogP contribution >= 0.6 is 0 Å². The lowest BCUT2D eigenvalue weighted by atomic mass is 9.95. The molecular weight excluding hydrogens is 328 g/mol. The van der Waals surface area contributed by atoms with Crippen molar-refractivity contribution in [3.63, 3.8) is 0 Å². The first-order valence-electron chi connectivity index (χ1n) is 8.97. The molecule has 0 aromatic heterocycles. The summed E-state index contributed by atoms with van der Waals surface area (Å²) in [7, 11) is 0. The molecule has 0 aromatic carbocycles. The number of hydrogen-bond acceptors (Lipinski definition) is 6. The van der Waals surface area contributed by atoms with Crippen molar-refractivity contribution in [2.75, 3.05) is 6.61 Å². The number of nitrogens with zero attached hydrogens (tertiary/aromatic N) is 1. The number of carbonyl (C=O) groups is 3. The lowest BCUT2D eigenvalue weighted by molar-refractivity contribution is -0.154. The Balaban J connectivity index is 1.66. The van der Waals surface area contributed by atoms with Gasteiger partial charge in [0.15, 0.2) is 5.79 Å². The van der Waals surface area contributed by atoms with Crippen molar-refractivity contribution in [3.05, 3.63) is 0 Å². The SMILES string of the molecule is CCCCCC(=O)OCC1CC2OC(C)(C)OC2C2NC(=O)C(=O)N12. The maximum atomic E-state index is 12.2. The number of nitrogens with one attached hydrogen (secondary N) is 1. The second-order valence-corrected chi connectivity index (χ2v) is 7.30. The predicted molar refractivity (Wildman–Crippen MR) is 86.1 cm³/mol. The Morgan fingerprint density at radius 1 is 1.32 bits per heavy atom. The number of fused-ring (bicyclic) bond motifs is 3. The lowest BCUT2D eigenvalue weighted by Gasteiger charge is -2.41. The molecule has 140 valence electrons. The summed E-state index contributed by atoms with van der Waals surface area (Å²) in [6.07, 6.45) is 2.39. The fraction of sp³-hybridized carbons (Fsp3) is 0.824. The summed E-state index contributed by atoms with van der Waals surface area (Å²) in [5.41, 5.74) is 0. The predicted octanol–water partition coefficient (Wildman–Crippen LogP) is 0.687. The van der Waals surface area contributed by atoms with Crippen LogP contribution in [0.2, 0.25) is 0 Å². The van der Waals surface area contributed by atoms with Gasteiger partial charge >= 0.3 is 17.8 Å². The van der Waals surface area contributed by atoms with Crippen LogP contribution in [0.25, 0.3) is 0 Å². The summed E-state index contributed by atoms with van der Waals surface area (Å²) >= 11 is 0. The van der Waals surface area contributed by atoms with Gasteiger partial charge in [0.1, 0.15) is 18.9 Å². The third-order valence-corrected chi connectivity index (χ3v) is 4.86. The highest BCUT2D eigenvalue weighted by atomic mass is 16.8. The van der Waals surface area contributed by atoms with Crippen LogP contribution in [0.1, 0.15) is 52.9 Å². The third kappa shape index (κ3) is 3.64. The summed E-state index contributed by atoms with van der Waals surface area (Å²) in [5, 5.41) is 2.67. The van der Waals surface area contributed by atoms with Crippen molar-refractivity contribution >= 4 is 17.8 Å². The first-order valence-corrected chi connectivity index (χ1v) is 8.97. The van der Waals surface area contributed by atoms with Gasteiger partial charge < -0.3 is 24.4 Å². The van der Waals surface area contributed by atoms with Gasteiger partial charge in [-0.2, -0.15) is 0 Å². The second kappa shape index (κ2) is 6.92. The maximum Gasteiger partial charge on any atom is 0.314 e. The molecule has 1 N–H and O–H groups in total. The van der Waals surface area contributed by atoms with Crippen LogP contribution in [0.3, 0.4) is 0 Å². The number of unbranched alkanes of at least 4 members (excludes halogenated alkanes) is 2. The van der Waals surface area contributed by atoms with E-state index in [0.717, 1.165) is 19.3 Å². The molecule has 8 nitrogen and oxygen atoms in total. The zero-order chi connectivity index (χ0) is 18.2. The zero-order valence-electron chi connectivity index (χ0n) is 14.9. The summed E-state index contributed by atoms with van der Waals surface area (Å²) in [6.45, 7) is 5.74. The smallest absolute Gasteiger partial charge is 0.314 e. The van der Waals surface area contributed by atoms with E-state index in [9.17, 15) is 14.4 Å². The van der Waals surface area contributed by atoms with Crippen molar-refractivity contribution in [1.29, 1.82) is 0 Å². The molecule has 25 heavy (non-hydrogen) atoms. The average Bonchev–Trinajstić information content (AvgIpc) is 3.01. The molecule has 0 spiro atoms. The fourth-order valence-electron chi connectivity index (χ4n) is 3.77. The fourth-order valence-corrected chi connectivity index (χ4v) is 3.77. The molecule has 0 aliphatic carbocycles. The molecule has 3 saturated heterocycles. The van der Waals surface area contributed by atoms with E-state index in [1.54, 1.807) is 13.8 Å². The van der Waals surface area contributed by atoms with Gasteiger partial charge in [-0.25, -0.2) is 0 Å². The maximum absolute atomic E-state index is 12.2. The molecule has 0 saturated carbocycles. The first-order chi connectivity index (χ1) is 11.8. The van der Waals surface area contributed by atoms with E-state index in [0.29, 0.717) is 12.8 Å². The van der Waals surface area contributed by atoms with E-state index < -0.39 is 35.9 Å². The largest absolute Gasteiger partial charge is 0.463 e. The molecule has 0 bridgehead atoms. The molecule has 2 amide bonds. The second-order valence-electron chi connectivity index (χ2n) is 7.30.